The average molecular weight is 273 g/mol. The summed E-state index contributed by atoms with van der Waals surface area (Å²) in [5, 5.41) is 5.53. The highest BCUT2D eigenvalue weighted by atomic mass is 16.2. The molecule has 1 amide bonds. The van der Waals surface area contributed by atoms with Crippen LogP contribution in [0.15, 0.2) is 24.3 Å². The highest BCUT2D eigenvalue weighted by Crippen LogP contribution is 2.28. The number of piperidine rings is 1. The van der Waals surface area contributed by atoms with Crippen molar-refractivity contribution < 1.29 is 4.79 Å². The molecule has 1 fully saturated rings. The lowest BCUT2D eigenvalue weighted by Crippen LogP contribution is -2.51. The first-order chi connectivity index (χ1) is 9.74. The van der Waals surface area contributed by atoms with Crippen LogP contribution in [0.4, 0.5) is 5.69 Å². The van der Waals surface area contributed by atoms with E-state index in [1.165, 1.54) is 30.5 Å². The van der Waals surface area contributed by atoms with Gasteiger partial charge >= 0.3 is 0 Å². The predicted octanol–water partition coefficient (Wildman–Crippen LogP) is 2.18. The molecular weight excluding hydrogens is 250 g/mol. The lowest BCUT2D eigenvalue weighted by atomic mass is 9.87. The summed E-state index contributed by atoms with van der Waals surface area (Å²) in [5.74, 6) is 0.160. The van der Waals surface area contributed by atoms with Gasteiger partial charge in [-0.3, -0.25) is 10.2 Å². The lowest BCUT2D eigenvalue weighted by Gasteiger charge is -2.34. The molecule has 2 heterocycles. The van der Waals surface area contributed by atoms with Gasteiger partial charge in [-0.25, -0.2) is 5.01 Å². The first-order valence-corrected chi connectivity index (χ1v) is 7.64. The summed E-state index contributed by atoms with van der Waals surface area (Å²) in [7, 11) is 0. The fourth-order valence-corrected chi connectivity index (χ4v) is 3.16. The quantitative estimate of drug-likeness (QED) is 0.868. The van der Waals surface area contributed by atoms with E-state index in [9.17, 15) is 4.79 Å². The maximum absolute atomic E-state index is 12.5. The van der Waals surface area contributed by atoms with Crippen molar-refractivity contribution in [3.8, 4) is 0 Å². The molecule has 4 heteroatoms. The van der Waals surface area contributed by atoms with E-state index in [0.29, 0.717) is 0 Å². The second-order valence-corrected chi connectivity index (χ2v) is 5.92. The average Bonchev–Trinajstić information content (AvgIpc) is 2.47. The van der Waals surface area contributed by atoms with Crippen LogP contribution in [0.3, 0.4) is 0 Å². The zero-order valence-electron chi connectivity index (χ0n) is 12.1. The van der Waals surface area contributed by atoms with Crippen LogP contribution in [0.25, 0.3) is 0 Å². The Morgan fingerprint density at radius 1 is 1.25 bits per heavy atom. The number of fused-ring (bicyclic) bond motifs is 1. The highest BCUT2D eigenvalue weighted by molar-refractivity contribution is 5.81. The molecule has 1 aromatic carbocycles. The van der Waals surface area contributed by atoms with Crippen LogP contribution in [0.1, 0.15) is 31.7 Å². The SMILES string of the molecule is CC1Nc2ccccc2CC1C(=O)NN1CCCCC1. The smallest absolute Gasteiger partial charge is 0.239 e. The lowest BCUT2D eigenvalue weighted by molar-refractivity contribution is -0.130. The molecule has 1 saturated heterocycles. The van der Waals surface area contributed by atoms with Crippen LogP contribution in [0, 0.1) is 5.92 Å². The number of rotatable bonds is 2. The van der Waals surface area contributed by atoms with Crippen molar-refractivity contribution in [3.05, 3.63) is 29.8 Å². The molecule has 108 valence electrons. The van der Waals surface area contributed by atoms with Gasteiger partial charge in [0.15, 0.2) is 0 Å². The third-order valence-electron chi connectivity index (χ3n) is 4.41. The van der Waals surface area contributed by atoms with Crippen LogP contribution in [0.2, 0.25) is 0 Å². The summed E-state index contributed by atoms with van der Waals surface area (Å²) >= 11 is 0. The largest absolute Gasteiger partial charge is 0.382 e. The molecule has 2 aliphatic heterocycles. The molecule has 1 aromatic rings. The number of carbonyl (C=O) groups excluding carboxylic acids is 1. The van der Waals surface area contributed by atoms with Gasteiger partial charge in [0.2, 0.25) is 5.91 Å². The fraction of sp³-hybridized carbons (Fsp3) is 0.562. The van der Waals surface area contributed by atoms with Crippen molar-refractivity contribution in [1.29, 1.82) is 0 Å². The number of hydrogen-bond donors (Lipinski definition) is 2. The number of amides is 1. The Morgan fingerprint density at radius 3 is 2.80 bits per heavy atom. The molecule has 2 N–H and O–H groups in total. The van der Waals surface area contributed by atoms with Crippen LogP contribution >= 0.6 is 0 Å². The van der Waals surface area contributed by atoms with E-state index < -0.39 is 0 Å². The molecule has 0 saturated carbocycles. The molecule has 0 aliphatic carbocycles. The third kappa shape index (κ3) is 2.80. The second-order valence-electron chi connectivity index (χ2n) is 5.92. The third-order valence-corrected chi connectivity index (χ3v) is 4.41. The Balaban J connectivity index is 1.66. The van der Waals surface area contributed by atoms with Crippen molar-refractivity contribution in [2.75, 3.05) is 18.4 Å². The Hall–Kier alpha value is -1.55. The van der Waals surface area contributed by atoms with E-state index >= 15 is 0 Å². The first-order valence-electron chi connectivity index (χ1n) is 7.64. The van der Waals surface area contributed by atoms with Crippen molar-refractivity contribution in [1.82, 2.24) is 10.4 Å². The van der Waals surface area contributed by atoms with E-state index in [1.807, 2.05) is 12.1 Å². The van der Waals surface area contributed by atoms with Crippen LogP contribution in [0.5, 0.6) is 0 Å². The number of carbonyl (C=O) groups is 1. The van der Waals surface area contributed by atoms with Crippen LogP contribution < -0.4 is 10.7 Å². The summed E-state index contributed by atoms with van der Waals surface area (Å²) < 4.78 is 0. The van der Waals surface area contributed by atoms with Gasteiger partial charge in [0, 0.05) is 24.8 Å². The van der Waals surface area contributed by atoms with Gasteiger partial charge in [0.25, 0.3) is 0 Å². The van der Waals surface area contributed by atoms with Gasteiger partial charge in [0.1, 0.15) is 0 Å². The normalized spacial score (nSPS) is 26.4. The number of nitrogens with zero attached hydrogens (tertiary/aromatic N) is 1. The Labute approximate surface area is 120 Å². The van der Waals surface area contributed by atoms with Crippen molar-refractivity contribution in [3.63, 3.8) is 0 Å². The van der Waals surface area contributed by atoms with E-state index in [4.69, 9.17) is 0 Å². The minimum atomic E-state index is 0.00632. The second kappa shape index (κ2) is 5.83. The summed E-state index contributed by atoms with van der Waals surface area (Å²) in [5.41, 5.74) is 5.51. The molecule has 2 aliphatic rings. The molecule has 3 rings (SSSR count). The van der Waals surface area contributed by atoms with Crippen LogP contribution in [-0.4, -0.2) is 30.0 Å². The zero-order valence-corrected chi connectivity index (χ0v) is 12.1. The maximum atomic E-state index is 12.5. The maximum Gasteiger partial charge on any atom is 0.239 e. The summed E-state index contributed by atoms with van der Waals surface area (Å²) in [6, 6.07) is 8.44. The van der Waals surface area contributed by atoms with Crippen molar-refractivity contribution in [2.45, 2.75) is 38.6 Å². The Morgan fingerprint density at radius 2 is 2.00 bits per heavy atom. The van der Waals surface area contributed by atoms with E-state index in [0.717, 1.165) is 19.5 Å². The summed E-state index contributed by atoms with van der Waals surface area (Å²) in [4.78, 5) is 12.5. The van der Waals surface area contributed by atoms with Gasteiger partial charge in [-0.15, -0.1) is 0 Å². The molecule has 2 atom stereocenters. The molecular formula is C16H23N3O. The monoisotopic (exact) mass is 273 g/mol. The van der Waals surface area contributed by atoms with Crippen molar-refractivity contribution >= 4 is 11.6 Å². The van der Waals surface area contributed by atoms with Gasteiger partial charge in [-0.2, -0.15) is 0 Å². The molecule has 2 unspecified atom stereocenters. The molecule has 0 aromatic heterocycles. The number of anilines is 1. The number of hydrazine groups is 1. The molecule has 4 nitrogen and oxygen atoms in total. The predicted molar refractivity (Wildman–Crippen MR) is 80.3 cm³/mol. The first kappa shape index (κ1) is 13.4. The van der Waals surface area contributed by atoms with E-state index in [1.54, 1.807) is 0 Å². The molecule has 0 radical (unpaired) electrons. The topological polar surface area (TPSA) is 44.4 Å². The molecule has 20 heavy (non-hydrogen) atoms. The molecule has 0 bridgehead atoms. The fourth-order valence-electron chi connectivity index (χ4n) is 3.16. The molecule has 0 spiro atoms. The number of nitrogens with one attached hydrogen (secondary N) is 2. The minimum absolute atomic E-state index is 0.00632. The van der Waals surface area contributed by atoms with Crippen molar-refractivity contribution in [2.24, 2.45) is 5.92 Å². The highest BCUT2D eigenvalue weighted by Gasteiger charge is 2.31. The number of hydrogen-bond acceptors (Lipinski definition) is 3. The summed E-state index contributed by atoms with van der Waals surface area (Å²) in [6.45, 7) is 4.06. The minimum Gasteiger partial charge on any atom is -0.382 e. The number of para-hydroxylation sites is 1. The van der Waals surface area contributed by atoms with Gasteiger partial charge in [-0.05, 0) is 37.8 Å². The van der Waals surface area contributed by atoms with Gasteiger partial charge in [0.05, 0.1) is 5.92 Å². The van der Waals surface area contributed by atoms with Gasteiger partial charge in [-0.1, -0.05) is 24.6 Å². The summed E-state index contributed by atoms with van der Waals surface area (Å²) in [6.07, 6.45) is 4.47. The van der Waals surface area contributed by atoms with Gasteiger partial charge < -0.3 is 5.32 Å². The zero-order chi connectivity index (χ0) is 13.9. The van der Waals surface area contributed by atoms with E-state index in [2.05, 4.69) is 34.8 Å². The Kier molecular flexibility index (Phi) is 3.92. The standard InChI is InChI=1S/C16H23N3O/c1-12-14(11-13-7-3-4-8-15(13)17-12)16(20)18-19-9-5-2-6-10-19/h3-4,7-8,12,14,17H,2,5-6,9-11H2,1H3,(H,18,20). The van der Waals surface area contributed by atoms with Crippen LogP contribution in [-0.2, 0) is 11.2 Å². The Bertz CT molecular complexity index is 482. The number of benzene rings is 1. The van der Waals surface area contributed by atoms with E-state index in [-0.39, 0.29) is 17.9 Å².